The number of benzene rings is 2. The van der Waals surface area contributed by atoms with Crippen LogP contribution < -0.4 is 10.2 Å². The van der Waals surface area contributed by atoms with Crippen LogP contribution >= 0.6 is 11.6 Å². The molecule has 2 aromatic carbocycles. The van der Waals surface area contributed by atoms with Crippen LogP contribution in [0.4, 0.5) is 11.5 Å². The number of nitrogens with zero attached hydrogens (tertiary/aromatic N) is 2. The first kappa shape index (κ1) is 16.6. The summed E-state index contributed by atoms with van der Waals surface area (Å²) in [4.78, 5) is 19.2. The standard InChI is InChI=1S/C21H18ClN3O/c1-13-10-11-19(23-12-13)25-20(15-6-3-4-7-16(15)21(25)26)24-18-9-5-8-17(22)14(18)2/h3-12,20,24H,1-2H3/t20-/m0/s1. The van der Waals surface area contributed by atoms with Crippen molar-refractivity contribution in [1.82, 2.24) is 4.98 Å². The fourth-order valence-corrected chi connectivity index (χ4v) is 3.38. The van der Waals surface area contributed by atoms with Crippen molar-refractivity contribution in [1.29, 1.82) is 0 Å². The first-order valence-corrected chi connectivity index (χ1v) is 8.81. The van der Waals surface area contributed by atoms with Crippen molar-refractivity contribution >= 4 is 29.0 Å². The molecule has 0 radical (unpaired) electrons. The Labute approximate surface area is 157 Å². The summed E-state index contributed by atoms with van der Waals surface area (Å²) in [5, 5.41) is 4.17. The Kier molecular flexibility index (Phi) is 4.13. The third-order valence-electron chi connectivity index (χ3n) is 4.67. The number of rotatable bonds is 3. The van der Waals surface area contributed by atoms with Crippen molar-refractivity contribution in [2.45, 2.75) is 20.0 Å². The molecule has 0 aliphatic carbocycles. The predicted octanol–water partition coefficient (Wildman–Crippen LogP) is 5.12. The summed E-state index contributed by atoms with van der Waals surface area (Å²) >= 11 is 6.27. The molecule has 1 aromatic heterocycles. The number of pyridine rings is 1. The Bertz CT molecular complexity index is 985. The van der Waals surface area contributed by atoms with Gasteiger partial charge in [-0.25, -0.2) is 4.98 Å². The van der Waals surface area contributed by atoms with Gasteiger partial charge in [0.15, 0.2) is 0 Å². The van der Waals surface area contributed by atoms with E-state index in [0.29, 0.717) is 16.4 Å². The predicted molar refractivity (Wildman–Crippen MR) is 105 cm³/mol. The summed E-state index contributed by atoms with van der Waals surface area (Å²) in [6.07, 6.45) is 1.43. The minimum Gasteiger partial charge on any atom is -0.361 e. The third kappa shape index (κ3) is 2.72. The maximum atomic E-state index is 13.1. The Hall–Kier alpha value is -2.85. The molecule has 4 rings (SSSR count). The van der Waals surface area contributed by atoms with Crippen molar-refractivity contribution in [2.75, 3.05) is 10.2 Å². The first-order valence-electron chi connectivity index (χ1n) is 8.43. The molecule has 1 amide bonds. The number of aromatic nitrogens is 1. The fraction of sp³-hybridized carbons (Fsp3) is 0.143. The zero-order valence-electron chi connectivity index (χ0n) is 14.5. The van der Waals surface area contributed by atoms with E-state index in [2.05, 4.69) is 10.3 Å². The van der Waals surface area contributed by atoms with E-state index in [1.807, 2.05) is 68.4 Å². The molecule has 0 saturated heterocycles. The zero-order chi connectivity index (χ0) is 18.3. The third-order valence-corrected chi connectivity index (χ3v) is 5.07. The number of aryl methyl sites for hydroxylation is 1. The van der Waals surface area contributed by atoms with Crippen molar-refractivity contribution in [3.63, 3.8) is 0 Å². The van der Waals surface area contributed by atoms with E-state index in [1.54, 1.807) is 11.1 Å². The molecular formula is C21H18ClN3O. The molecule has 4 nitrogen and oxygen atoms in total. The topological polar surface area (TPSA) is 45.2 Å². The van der Waals surface area contributed by atoms with Crippen LogP contribution in [-0.2, 0) is 0 Å². The van der Waals surface area contributed by atoms with Crippen LogP contribution in [0.2, 0.25) is 5.02 Å². The summed E-state index contributed by atoms with van der Waals surface area (Å²) in [5.74, 6) is 0.558. The van der Waals surface area contributed by atoms with Gasteiger partial charge in [-0.05, 0) is 49.2 Å². The molecule has 1 aliphatic rings. The van der Waals surface area contributed by atoms with E-state index >= 15 is 0 Å². The molecule has 0 fully saturated rings. The van der Waals surface area contributed by atoms with Gasteiger partial charge in [0.25, 0.3) is 5.91 Å². The van der Waals surface area contributed by atoms with Gasteiger partial charge in [0.1, 0.15) is 12.0 Å². The highest BCUT2D eigenvalue weighted by Crippen LogP contribution is 2.38. The van der Waals surface area contributed by atoms with Gasteiger partial charge >= 0.3 is 0 Å². The van der Waals surface area contributed by atoms with Crippen molar-refractivity contribution in [3.05, 3.63) is 88.1 Å². The maximum absolute atomic E-state index is 13.1. The fourth-order valence-electron chi connectivity index (χ4n) is 3.21. The number of carbonyl (C=O) groups is 1. The number of anilines is 2. The average Bonchev–Trinajstić information content (AvgIpc) is 2.92. The van der Waals surface area contributed by atoms with Gasteiger partial charge in [-0.3, -0.25) is 9.69 Å². The van der Waals surface area contributed by atoms with E-state index in [1.165, 1.54) is 0 Å². The number of fused-ring (bicyclic) bond motifs is 1. The van der Waals surface area contributed by atoms with E-state index in [9.17, 15) is 4.79 Å². The molecule has 1 aliphatic heterocycles. The van der Waals surface area contributed by atoms with Crippen LogP contribution in [0.15, 0.2) is 60.8 Å². The van der Waals surface area contributed by atoms with Crippen LogP contribution in [0, 0.1) is 13.8 Å². The molecule has 0 spiro atoms. The molecule has 0 bridgehead atoms. The van der Waals surface area contributed by atoms with Crippen molar-refractivity contribution < 1.29 is 4.79 Å². The summed E-state index contributed by atoms with van der Waals surface area (Å²) in [6.45, 7) is 3.93. The molecular weight excluding hydrogens is 346 g/mol. The number of hydrogen-bond donors (Lipinski definition) is 1. The first-order chi connectivity index (χ1) is 12.6. The number of nitrogens with one attached hydrogen (secondary N) is 1. The highest BCUT2D eigenvalue weighted by Gasteiger charge is 2.38. The lowest BCUT2D eigenvalue weighted by Crippen LogP contribution is -2.33. The Morgan fingerprint density at radius 1 is 1.04 bits per heavy atom. The molecule has 0 unspecified atom stereocenters. The Morgan fingerprint density at radius 2 is 1.85 bits per heavy atom. The van der Waals surface area contributed by atoms with Gasteiger partial charge in [0.05, 0.1) is 0 Å². The Morgan fingerprint density at radius 3 is 2.62 bits per heavy atom. The largest absolute Gasteiger partial charge is 0.361 e. The average molecular weight is 364 g/mol. The molecule has 2 heterocycles. The van der Waals surface area contributed by atoms with E-state index in [0.717, 1.165) is 22.4 Å². The monoisotopic (exact) mass is 363 g/mol. The van der Waals surface area contributed by atoms with Crippen LogP contribution in [0.25, 0.3) is 0 Å². The second-order valence-corrected chi connectivity index (χ2v) is 6.82. The van der Waals surface area contributed by atoms with Gasteiger partial charge in [-0.2, -0.15) is 0 Å². The highest BCUT2D eigenvalue weighted by atomic mass is 35.5. The molecule has 1 atom stereocenters. The summed E-state index contributed by atoms with van der Waals surface area (Å²) in [5.41, 5.74) is 4.51. The lowest BCUT2D eigenvalue weighted by Gasteiger charge is -2.27. The highest BCUT2D eigenvalue weighted by molar-refractivity contribution is 6.31. The number of hydrogen-bond acceptors (Lipinski definition) is 3. The van der Waals surface area contributed by atoms with Crippen LogP contribution in [-0.4, -0.2) is 10.9 Å². The lowest BCUT2D eigenvalue weighted by atomic mass is 10.1. The van der Waals surface area contributed by atoms with Crippen molar-refractivity contribution in [2.24, 2.45) is 0 Å². The number of halogens is 1. The molecule has 1 N–H and O–H groups in total. The Balaban J connectivity index is 1.81. The SMILES string of the molecule is Cc1ccc(N2C(=O)c3ccccc3[C@H]2Nc2cccc(Cl)c2C)nc1. The molecule has 130 valence electrons. The molecule has 0 saturated carbocycles. The van der Waals surface area contributed by atoms with Crippen molar-refractivity contribution in [3.8, 4) is 0 Å². The lowest BCUT2D eigenvalue weighted by molar-refractivity contribution is 0.0992. The normalized spacial score (nSPS) is 15.9. The molecule has 3 aromatic rings. The second kappa shape index (κ2) is 6.46. The van der Waals surface area contributed by atoms with Gasteiger partial charge in [0.2, 0.25) is 0 Å². The van der Waals surface area contributed by atoms with E-state index in [4.69, 9.17) is 11.6 Å². The molecule has 5 heteroatoms. The quantitative estimate of drug-likeness (QED) is 0.702. The van der Waals surface area contributed by atoms with Gasteiger partial charge in [0, 0.05) is 28.0 Å². The minimum atomic E-state index is -0.342. The smallest absolute Gasteiger partial charge is 0.261 e. The van der Waals surface area contributed by atoms with E-state index in [-0.39, 0.29) is 12.1 Å². The number of amides is 1. The zero-order valence-corrected chi connectivity index (χ0v) is 15.3. The maximum Gasteiger partial charge on any atom is 0.261 e. The summed E-state index contributed by atoms with van der Waals surface area (Å²) < 4.78 is 0. The second-order valence-electron chi connectivity index (χ2n) is 6.42. The summed E-state index contributed by atoms with van der Waals surface area (Å²) in [6, 6.07) is 17.2. The van der Waals surface area contributed by atoms with Gasteiger partial charge < -0.3 is 5.32 Å². The van der Waals surface area contributed by atoms with E-state index < -0.39 is 0 Å². The van der Waals surface area contributed by atoms with Crippen LogP contribution in [0.5, 0.6) is 0 Å². The van der Waals surface area contributed by atoms with Gasteiger partial charge in [-0.15, -0.1) is 0 Å². The number of carbonyl (C=O) groups excluding carboxylic acids is 1. The van der Waals surface area contributed by atoms with Crippen LogP contribution in [0.3, 0.4) is 0 Å². The summed E-state index contributed by atoms with van der Waals surface area (Å²) in [7, 11) is 0. The minimum absolute atomic E-state index is 0.0610. The van der Waals surface area contributed by atoms with Crippen LogP contribution in [0.1, 0.15) is 33.2 Å². The van der Waals surface area contributed by atoms with Gasteiger partial charge in [-0.1, -0.05) is 41.9 Å². The molecule has 26 heavy (non-hydrogen) atoms.